The van der Waals surface area contributed by atoms with Crippen molar-refractivity contribution in [1.29, 1.82) is 0 Å². The summed E-state index contributed by atoms with van der Waals surface area (Å²) >= 11 is 0. The highest BCUT2D eigenvalue weighted by Gasteiger charge is 2.19. The molecule has 0 fully saturated rings. The molecule has 3 aromatic rings. The van der Waals surface area contributed by atoms with Gasteiger partial charge in [-0.25, -0.2) is 4.79 Å². The van der Waals surface area contributed by atoms with Gasteiger partial charge in [-0.3, -0.25) is 0 Å². The molecule has 0 spiro atoms. The molecule has 1 aliphatic rings. The maximum atomic E-state index is 12.1. The van der Waals surface area contributed by atoms with Gasteiger partial charge < -0.3 is 23.5 Å². The van der Waals surface area contributed by atoms with Crippen molar-refractivity contribution in [2.75, 3.05) is 6.79 Å². The SMILES string of the molecule is C[C@@H](Oc1ccccc1)C(=O)OCc1cc(-c2ccc3c(c2)OCO3)on1. The molecule has 27 heavy (non-hydrogen) atoms. The summed E-state index contributed by atoms with van der Waals surface area (Å²) in [7, 11) is 0. The monoisotopic (exact) mass is 367 g/mol. The van der Waals surface area contributed by atoms with Gasteiger partial charge in [0.1, 0.15) is 18.1 Å². The minimum atomic E-state index is -0.729. The normalized spacial score (nSPS) is 13.2. The molecule has 0 unspecified atom stereocenters. The van der Waals surface area contributed by atoms with Crippen LogP contribution < -0.4 is 14.2 Å². The topological polar surface area (TPSA) is 80.0 Å². The van der Waals surface area contributed by atoms with Crippen LogP contribution in [0.15, 0.2) is 59.1 Å². The summed E-state index contributed by atoms with van der Waals surface area (Å²) in [6.45, 7) is 1.84. The molecule has 2 heterocycles. The number of aromatic nitrogens is 1. The fourth-order valence-corrected chi connectivity index (χ4v) is 2.58. The van der Waals surface area contributed by atoms with E-state index in [1.165, 1.54) is 0 Å². The predicted molar refractivity (Wildman–Crippen MR) is 94.4 cm³/mol. The Labute approximate surface area is 155 Å². The van der Waals surface area contributed by atoms with Crippen LogP contribution in [0.4, 0.5) is 0 Å². The Morgan fingerprint density at radius 1 is 1.11 bits per heavy atom. The van der Waals surface area contributed by atoms with E-state index in [1.54, 1.807) is 25.1 Å². The summed E-state index contributed by atoms with van der Waals surface area (Å²) in [5.74, 6) is 2.02. The minimum Gasteiger partial charge on any atom is -0.479 e. The summed E-state index contributed by atoms with van der Waals surface area (Å²) < 4.78 is 26.8. The number of carbonyl (C=O) groups excluding carboxylic acids is 1. The van der Waals surface area contributed by atoms with E-state index in [1.807, 2.05) is 36.4 Å². The van der Waals surface area contributed by atoms with Crippen molar-refractivity contribution in [3.05, 3.63) is 60.3 Å². The third-order valence-corrected chi connectivity index (χ3v) is 3.97. The highest BCUT2D eigenvalue weighted by atomic mass is 16.7. The molecule has 138 valence electrons. The van der Waals surface area contributed by atoms with Gasteiger partial charge in [0.15, 0.2) is 23.4 Å². The molecule has 0 radical (unpaired) electrons. The standard InChI is InChI=1S/C20H17NO6/c1-13(26-16-5-3-2-4-6-16)20(22)23-11-15-10-18(27-21-15)14-7-8-17-19(9-14)25-12-24-17/h2-10,13H,11-12H2,1H3/t13-/m1/s1. The van der Waals surface area contributed by atoms with Crippen LogP contribution in [-0.2, 0) is 16.1 Å². The van der Waals surface area contributed by atoms with Gasteiger partial charge in [-0.2, -0.15) is 0 Å². The highest BCUT2D eigenvalue weighted by Crippen LogP contribution is 2.36. The maximum Gasteiger partial charge on any atom is 0.347 e. The molecular weight excluding hydrogens is 350 g/mol. The lowest BCUT2D eigenvalue weighted by Gasteiger charge is -2.13. The van der Waals surface area contributed by atoms with Crippen molar-refractivity contribution in [1.82, 2.24) is 5.16 Å². The lowest BCUT2D eigenvalue weighted by atomic mass is 10.1. The number of hydrogen-bond donors (Lipinski definition) is 0. The Bertz CT molecular complexity index is 937. The van der Waals surface area contributed by atoms with E-state index in [-0.39, 0.29) is 13.4 Å². The molecule has 2 aromatic carbocycles. The average Bonchev–Trinajstić information content (AvgIpc) is 3.35. The molecule has 0 aliphatic carbocycles. The number of fused-ring (bicyclic) bond motifs is 1. The zero-order chi connectivity index (χ0) is 18.6. The van der Waals surface area contributed by atoms with Gasteiger partial charge in [-0.05, 0) is 37.3 Å². The van der Waals surface area contributed by atoms with Crippen LogP contribution in [-0.4, -0.2) is 24.0 Å². The Kier molecular flexibility index (Phi) is 4.65. The van der Waals surface area contributed by atoms with E-state index in [0.717, 1.165) is 5.56 Å². The molecule has 0 saturated carbocycles. The second kappa shape index (κ2) is 7.41. The van der Waals surface area contributed by atoms with E-state index >= 15 is 0 Å². The molecule has 4 rings (SSSR count). The van der Waals surface area contributed by atoms with E-state index in [0.29, 0.717) is 28.7 Å². The van der Waals surface area contributed by atoms with Crippen LogP contribution in [0.5, 0.6) is 17.2 Å². The molecular formula is C20H17NO6. The first-order chi connectivity index (χ1) is 13.2. The van der Waals surface area contributed by atoms with Crippen LogP contribution in [0.1, 0.15) is 12.6 Å². The maximum absolute atomic E-state index is 12.1. The van der Waals surface area contributed by atoms with Gasteiger partial charge in [0.25, 0.3) is 0 Å². The summed E-state index contributed by atoms with van der Waals surface area (Å²) in [6.07, 6.45) is -0.729. The molecule has 0 amide bonds. The number of ether oxygens (including phenoxy) is 4. The van der Waals surface area contributed by atoms with Crippen molar-refractivity contribution in [2.45, 2.75) is 19.6 Å². The van der Waals surface area contributed by atoms with Crippen molar-refractivity contribution in [3.63, 3.8) is 0 Å². The van der Waals surface area contributed by atoms with Gasteiger partial charge in [-0.1, -0.05) is 23.4 Å². The van der Waals surface area contributed by atoms with E-state index < -0.39 is 12.1 Å². The molecule has 1 atom stereocenters. The summed E-state index contributed by atoms with van der Waals surface area (Å²) in [5, 5.41) is 3.94. The van der Waals surface area contributed by atoms with Crippen molar-refractivity contribution in [2.24, 2.45) is 0 Å². The molecule has 0 N–H and O–H groups in total. The lowest BCUT2D eigenvalue weighted by molar-refractivity contribution is -0.152. The molecule has 1 aromatic heterocycles. The smallest absolute Gasteiger partial charge is 0.347 e. The zero-order valence-corrected chi connectivity index (χ0v) is 14.6. The molecule has 0 saturated heterocycles. The van der Waals surface area contributed by atoms with Crippen molar-refractivity contribution in [3.8, 4) is 28.6 Å². The van der Waals surface area contributed by atoms with Gasteiger partial charge in [-0.15, -0.1) is 0 Å². The first-order valence-electron chi connectivity index (χ1n) is 8.43. The van der Waals surface area contributed by atoms with Crippen LogP contribution in [0, 0.1) is 0 Å². The molecule has 7 heteroatoms. The summed E-state index contributed by atoms with van der Waals surface area (Å²) in [4.78, 5) is 12.1. The fourth-order valence-electron chi connectivity index (χ4n) is 2.58. The highest BCUT2D eigenvalue weighted by molar-refractivity contribution is 5.74. The number of carbonyl (C=O) groups is 1. The average molecular weight is 367 g/mol. The second-order valence-corrected chi connectivity index (χ2v) is 5.93. The Morgan fingerprint density at radius 2 is 1.93 bits per heavy atom. The third kappa shape index (κ3) is 3.87. The minimum absolute atomic E-state index is 0.00459. The predicted octanol–water partition coefficient (Wildman–Crippen LogP) is 3.58. The number of rotatable bonds is 6. The van der Waals surface area contributed by atoms with E-state index in [2.05, 4.69) is 5.16 Å². The Hall–Kier alpha value is -3.48. The Balaban J connectivity index is 1.35. The van der Waals surface area contributed by atoms with Crippen LogP contribution in [0.2, 0.25) is 0 Å². The quantitative estimate of drug-likeness (QED) is 0.616. The van der Waals surface area contributed by atoms with E-state index in [4.69, 9.17) is 23.5 Å². The first-order valence-corrected chi connectivity index (χ1v) is 8.43. The summed E-state index contributed by atoms with van der Waals surface area (Å²) in [6, 6.07) is 16.3. The van der Waals surface area contributed by atoms with Gasteiger partial charge in [0, 0.05) is 11.6 Å². The number of hydrogen-bond acceptors (Lipinski definition) is 7. The number of nitrogens with zero attached hydrogens (tertiary/aromatic N) is 1. The lowest BCUT2D eigenvalue weighted by Crippen LogP contribution is -2.26. The van der Waals surface area contributed by atoms with Gasteiger partial charge >= 0.3 is 5.97 Å². The van der Waals surface area contributed by atoms with Gasteiger partial charge in [0.05, 0.1) is 0 Å². The molecule has 7 nitrogen and oxygen atoms in total. The summed E-state index contributed by atoms with van der Waals surface area (Å²) in [5.41, 5.74) is 1.30. The molecule has 0 bridgehead atoms. The van der Waals surface area contributed by atoms with Crippen LogP contribution in [0.3, 0.4) is 0 Å². The van der Waals surface area contributed by atoms with Gasteiger partial charge in [0.2, 0.25) is 6.79 Å². The van der Waals surface area contributed by atoms with Crippen LogP contribution in [0.25, 0.3) is 11.3 Å². The van der Waals surface area contributed by atoms with Crippen molar-refractivity contribution >= 4 is 5.97 Å². The number of para-hydroxylation sites is 1. The van der Waals surface area contributed by atoms with Crippen LogP contribution >= 0.6 is 0 Å². The largest absolute Gasteiger partial charge is 0.479 e. The Morgan fingerprint density at radius 3 is 2.78 bits per heavy atom. The molecule has 1 aliphatic heterocycles. The zero-order valence-electron chi connectivity index (χ0n) is 14.6. The van der Waals surface area contributed by atoms with Crippen molar-refractivity contribution < 1.29 is 28.3 Å². The number of benzene rings is 2. The fraction of sp³-hybridized carbons (Fsp3) is 0.200. The first kappa shape index (κ1) is 17.0. The second-order valence-electron chi connectivity index (χ2n) is 5.93. The van der Waals surface area contributed by atoms with E-state index in [9.17, 15) is 4.79 Å². The number of esters is 1. The third-order valence-electron chi connectivity index (χ3n) is 3.97.